The van der Waals surface area contributed by atoms with E-state index in [-0.39, 0.29) is 6.04 Å². The molecule has 1 aromatic carbocycles. The summed E-state index contributed by atoms with van der Waals surface area (Å²) in [5, 5.41) is 1.13. The summed E-state index contributed by atoms with van der Waals surface area (Å²) in [4.78, 5) is 6.04. The second kappa shape index (κ2) is 6.03. The van der Waals surface area contributed by atoms with Crippen molar-refractivity contribution in [2.24, 2.45) is 5.73 Å². The standard InChI is InChI=1S/C16H20N2O2S/c1-19-13-7-6-10(8-14(13)20-2)9-15-18-12-5-3-4-11(17)16(12)21-15/h6-8,11H,3-5,9,17H2,1-2H3. The van der Waals surface area contributed by atoms with Crippen LogP contribution in [-0.4, -0.2) is 19.2 Å². The van der Waals surface area contributed by atoms with Gasteiger partial charge in [0.25, 0.3) is 0 Å². The van der Waals surface area contributed by atoms with Crippen molar-refractivity contribution in [1.82, 2.24) is 4.98 Å². The van der Waals surface area contributed by atoms with Gasteiger partial charge in [0.1, 0.15) is 0 Å². The minimum Gasteiger partial charge on any atom is -0.493 e. The Bertz CT molecular complexity index is 639. The van der Waals surface area contributed by atoms with Crippen LogP contribution in [0.15, 0.2) is 18.2 Å². The number of hydrogen-bond acceptors (Lipinski definition) is 5. The SMILES string of the molecule is COc1ccc(Cc2nc3c(s2)C(N)CCC3)cc1OC. The number of thiazole rings is 1. The molecule has 3 rings (SSSR count). The maximum Gasteiger partial charge on any atom is 0.160 e. The molecule has 1 heterocycles. The van der Waals surface area contributed by atoms with E-state index in [0.717, 1.165) is 42.2 Å². The van der Waals surface area contributed by atoms with Crippen molar-refractivity contribution in [2.45, 2.75) is 31.7 Å². The Kier molecular flexibility index (Phi) is 4.12. The number of aryl methyl sites for hydroxylation is 1. The predicted octanol–water partition coefficient (Wildman–Crippen LogP) is 3.09. The fourth-order valence-electron chi connectivity index (χ4n) is 2.74. The number of benzene rings is 1. The average molecular weight is 304 g/mol. The van der Waals surface area contributed by atoms with Crippen LogP contribution in [0.1, 0.15) is 40.0 Å². The number of methoxy groups -OCH3 is 2. The van der Waals surface area contributed by atoms with E-state index in [1.807, 2.05) is 12.1 Å². The van der Waals surface area contributed by atoms with Gasteiger partial charge >= 0.3 is 0 Å². The van der Waals surface area contributed by atoms with Crippen LogP contribution in [0.5, 0.6) is 11.5 Å². The molecule has 1 atom stereocenters. The second-order valence-electron chi connectivity index (χ2n) is 5.28. The smallest absolute Gasteiger partial charge is 0.160 e. The molecule has 0 fully saturated rings. The van der Waals surface area contributed by atoms with Crippen molar-refractivity contribution in [2.75, 3.05) is 14.2 Å². The van der Waals surface area contributed by atoms with Crippen LogP contribution in [-0.2, 0) is 12.8 Å². The minimum atomic E-state index is 0.172. The monoisotopic (exact) mass is 304 g/mol. The van der Waals surface area contributed by atoms with Gasteiger partial charge in [-0.2, -0.15) is 0 Å². The van der Waals surface area contributed by atoms with Crippen LogP contribution in [0, 0.1) is 0 Å². The number of ether oxygens (including phenoxy) is 2. The molecule has 2 aromatic rings. The molecule has 1 aliphatic carbocycles. The molecular formula is C16H20N2O2S. The number of fused-ring (bicyclic) bond motifs is 1. The van der Waals surface area contributed by atoms with E-state index in [1.54, 1.807) is 25.6 Å². The Hall–Kier alpha value is -1.59. The van der Waals surface area contributed by atoms with E-state index >= 15 is 0 Å². The number of nitrogens with zero attached hydrogens (tertiary/aromatic N) is 1. The lowest BCUT2D eigenvalue weighted by Gasteiger charge is -2.15. The highest BCUT2D eigenvalue weighted by molar-refractivity contribution is 7.11. The molecule has 0 saturated carbocycles. The van der Waals surface area contributed by atoms with E-state index < -0.39 is 0 Å². The van der Waals surface area contributed by atoms with Gasteiger partial charge in [-0.1, -0.05) is 6.07 Å². The van der Waals surface area contributed by atoms with E-state index in [4.69, 9.17) is 20.2 Å². The van der Waals surface area contributed by atoms with E-state index in [9.17, 15) is 0 Å². The lowest BCUT2D eigenvalue weighted by molar-refractivity contribution is 0.354. The molecule has 112 valence electrons. The van der Waals surface area contributed by atoms with Gasteiger partial charge in [0, 0.05) is 17.3 Å². The third-order valence-corrected chi connectivity index (χ3v) is 5.07. The van der Waals surface area contributed by atoms with Crippen LogP contribution in [0.2, 0.25) is 0 Å². The molecule has 0 spiro atoms. The van der Waals surface area contributed by atoms with Crippen molar-refractivity contribution in [3.63, 3.8) is 0 Å². The molecule has 0 radical (unpaired) electrons. The Morgan fingerprint density at radius 2 is 2.10 bits per heavy atom. The van der Waals surface area contributed by atoms with E-state index in [2.05, 4.69) is 6.07 Å². The number of hydrogen-bond donors (Lipinski definition) is 1. The maximum absolute atomic E-state index is 6.17. The van der Waals surface area contributed by atoms with Crippen LogP contribution >= 0.6 is 11.3 Å². The van der Waals surface area contributed by atoms with E-state index in [1.165, 1.54) is 16.1 Å². The first kappa shape index (κ1) is 14.4. The molecule has 5 heteroatoms. The lowest BCUT2D eigenvalue weighted by atomic mass is 9.99. The number of rotatable bonds is 4. The number of aromatic nitrogens is 1. The van der Waals surface area contributed by atoms with Crippen molar-refractivity contribution < 1.29 is 9.47 Å². The van der Waals surface area contributed by atoms with Crippen molar-refractivity contribution in [1.29, 1.82) is 0 Å². The molecule has 0 saturated heterocycles. The summed E-state index contributed by atoms with van der Waals surface area (Å²) in [7, 11) is 3.30. The van der Waals surface area contributed by atoms with Crippen LogP contribution in [0.4, 0.5) is 0 Å². The molecule has 21 heavy (non-hydrogen) atoms. The normalized spacial score (nSPS) is 17.4. The Labute approximate surface area is 128 Å². The fraction of sp³-hybridized carbons (Fsp3) is 0.438. The molecule has 4 nitrogen and oxygen atoms in total. The first-order valence-electron chi connectivity index (χ1n) is 7.16. The Morgan fingerprint density at radius 3 is 2.81 bits per heavy atom. The molecule has 0 aliphatic heterocycles. The van der Waals surface area contributed by atoms with Gasteiger partial charge in [-0.15, -0.1) is 11.3 Å². The summed E-state index contributed by atoms with van der Waals surface area (Å²) >= 11 is 1.75. The first-order valence-corrected chi connectivity index (χ1v) is 7.98. The van der Waals surface area contributed by atoms with Gasteiger partial charge in [0.05, 0.1) is 24.9 Å². The Morgan fingerprint density at radius 1 is 1.29 bits per heavy atom. The summed E-state index contributed by atoms with van der Waals surface area (Å²) < 4.78 is 10.6. The molecule has 1 aliphatic rings. The van der Waals surface area contributed by atoms with Crippen molar-refractivity contribution >= 4 is 11.3 Å². The highest BCUT2D eigenvalue weighted by Crippen LogP contribution is 2.34. The predicted molar refractivity (Wildman–Crippen MR) is 84.3 cm³/mol. The van der Waals surface area contributed by atoms with Gasteiger partial charge in [-0.05, 0) is 37.0 Å². The number of nitrogens with two attached hydrogens (primary N) is 1. The minimum absolute atomic E-state index is 0.172. The van der Waals surface area contributed by atoms with Crippen molar-refractivity contribution in [3.05, 3.63) is 39.3 Å². The summed E-state index contributed by atoms with van der Waals surface area (Å²) in [6, 6.07) is 6.18. The zero-order valence-corrected chi connectivity index (χ0v) is 13.2. The first-order chi connectivity index (χ1) is 10.2. The zero-order chi connectivity index (χ0) is 14.8. The topological polar surface area (TPSA) is 57.4 Å². The maximum atomic E-state index is 6.17. The largest absolute Gasteiger partial charge is 0.493 e. The third-order valence-electron chi connectivity index (χ3n) is 3.84. The van der Waals surface area contributed by atoms with E-state index in [0.29, 0.717) is 0 Å². The highest BCUT2D eigenvalue weighted by Gasteiger charge is 2.21. The van der Waals surface area contributed by atoms with Gasteiger partial charge in [0.15, 0.2) is 11.5 Å². The van der Waals surface area contributed by atoms with Gasteiger partial charge in [-0.25, -0.2) is 4.98 Å². The molecule has 1 aromatic heterocycles. The molecule has 2 N–H and O–H groups in total. The summed E-state index contributed by atoms with van der Waals surface area (Å²) in [5.74, 6) is 1.51. The quantitative estimate of drug-likeness (QED) is 0.943. The van der Waals surface area contributed by atoms with Crippen LogP contribution in [0.25, 0.3) is 0 Å². The summed E-state index contributed by atoms with van der Waals surface area (Å²) in [6.07, 6.45) is 4.09. The third kappa shape index (κ3) is 2.89. The molecule has 1 unspecified atom stereocenters. The molecular weight excluding hydrogens is 284 g/mol. The lowest BCUT2D eigenvalue weighted by Crippen LogP contribution is -2.15. The van der Waals surface area contributed by atoms with Crippen LogP contribution < -0.4 is 15.2 Å². The fourth-order valence-corrected chi connectivity index (χ4v) is 3.93. The highest BCUT2D eigenvalue weighted by atomic mass is 32.1. The van der Waals surface area contributed by atoms with Gasteiger partial charge in [0.2, 0.25) is 0 Å². The molecule has 0 bridgehead atoms. The Balaban J connectivity index is 1.84. The summed E-state index contributed by atoms with van der Waals surface area (Å²) in [5.41, 5.74) is 8.55. The zero-order valence-electron chi connectivity index (χ0n) is 12.4. The van der Waals surface area contributed by atoms with Crippen LogP contribution in [0.3, 0.4) is 0 Å². The van der Waals surface area contributed by atoms with Crippen molar-refractivity contribution in [3.8, 4) is 11.5 Å². The second-order valence-corrected chi connectivity index (χ2v) is 6.40. The summed E-state index contributed by atoms with van der Waals surface area (Å²) in [6.45, 7) is 0. The van der Waals surface area contributed by atoms with Gasteiger partial charge in [-0.3, -0.25) is 0 Å². The average Bonchev–Trinajstić information content (AvgIpc) is 2.91. The van der Waals surface area contributed by atoms with Gasteiger partial charge < -0.3 is 15.2 Å². The molecule has 0 amide bonds.